The Labute approximate surface area is 126 Å². The van der Waals surface area contributed by atoms with Crippen LogP contribution in [0.15, 0.2) is 59.1 Å². The lowest BCUT2D eigenvalue weighted by Crippen LogP contribution is -2.08. The second-order valence-corrected chi connectivity index (χ2v) is 5.20. The third-order valence-corrected chi connectivity index (χ3v) is 3.50. The summed E-state index contributed by atoms with van der Waals surface area (Å²) < 4.78 is 1.76. The lowest BCUT2D eigenvalue weighted by atomic mass is 10.4. The number of hydrogen-bond acceptors (Lipinski definition) is 6. The van der Waals surface area contributed by atoms with Crippen LogP contribution in [0.25, 0.3) is 5.95 Å². The molecular weight excluding hydrogens is 284 g/mol. The minimum atomic E-state index is 0.553. The topological polar surface area (TPSA) is 68.5 Å². The molecule has 0 bridgehead atoms. The number of hydrogen-bond donors (Lipinski definition) is 1. The van der Waals surface area contributed by atoms with Crippen LogP contribution in [0.1, 0.15) is 6.92 Å². The van der Waals surface area contributed by atoms with Crippen molar-refractivity contribution in [1.82, 2.24) is 24.5 Å². The number of anilines is 1. The van der Waals surface area contributed by atoms with E-state index < -0.39 is 0 Å². The third kappa shape index (κ3) is 3.38. The number of nitrogens with zero attached hydrogens (tertiary/aromatic N) is 5. The monoisotopic (exact) mass is 298 g/mol. The largest absolute Gasteiger partial charge is 0.354 e. The molecule has 0 unspecified atom stereocenters. The minimum absolute atomic E-state index is 0.553. The summed E-state index contributed by atoms with van der Waals surface area (Å²) in [6.07, 6.45) is 5.17. The standard InChI is InChI=1S/C14H14N6S/c1-2-16-12-17-13(20-9-8-15-10-20)19-14(18-12)21-11-6-4-3-5-7-11/h3-10H,2H2,1H3,(H,16,17,18,19). The second kappa shape index (κ2) is 6.36. The molecule has 0 saturated heterocycles. The van der Waals surface area contributed by atoms with Crippen molar-refractivity contribution in [2.24, 2.45) is 0 Å². The molecule has 0 aliphatic carbocycles. The van der Waals surface area contributed by atoms with Gasteiger partial charge in [0.25, 0.3) is 0 Å². The SMILES string of the molecule is CCNc1nc(Sc2ccccc2)nc(-n2ccnc2)n1. The summed E-state index contributed by atoms with van der Waals surface area (Å²) in [6.45, 7) is 2.76. The van der Waals surface area contributed by atoms with Crippen LogP contribution >= 0.6 is 11.8 Å². The second-order valence-electron chi connectivity index (χ2n) is 4.16. The molecule has 6 nitrogen and oxygen atoms in total. The zero-order chi connectivity index (χ0) is 14.5. The highest BCUT2D eigenvalue weighted by Crippen LogP contribution is 2.25. The highest BCUT2D eigenvalue weighted by molar-refractivity contribution is 7.99. The van der Waals surface area contributed by atoms with E-state index in [1.807, 2.05) is 43.5 Å². The van der Waals surface area contributed by atoms with Gasteiger partial charge in [0, 0.05) is 23.8 Å². The van der Waals surface area contributed by atoms with Gasteiger partial charge in [-0.25, -0.2) is 4.98 Å². The first kappa shape index (κ1) is 13.6. The summed E-state index contributed by atoms with van der Waals surface area (Å²) in [7, 11) is 0. The van der Waals surface area contributed by atoms with Crippen LogP contribution in [0.5, 0.6) is 0 Å². The summed E-state index contributed by atoms with van der Waals surface area (Å²) >= 11 is 1.50. The average molecular weight is 298 g/mol. The molecule has 0 fully saturated rings. The Morgan fingerprint density at radius 1 is 1.14 bits per heavy atom. The van der Waals surface area contributed by atoms with E-state index in [-0.39, 0.29) is 0 Å². The van der Waals surface area contributed by atoms with Crippen LogP contribution in [0.3, 0.4) is 0 Å². The molecule has 0 atom stereocenters. The number of benzene rings is 1. The van der Waals surface area contributed by atoms with Gasteiger partial charge in [0.05, 0.1) is 0 Å². The van der Waals surface area contributed by atoms with Crippen LogP contribution in [0, 0.1) is 0 Å². The zero-order valence-electron chi connectivity index (χ0n) is 11.5. The van der Waals surface area contributed by atoms with Crippen molar-refractivity contribution in [3.63, 3.8) is 0 Å². The van der Waals surface area contributed by atoms with Crippen LogP contribution in [-0.4, -0.2) is 31.0 Å². The van der Waals surface area contributed by atoms with Gasteiger partial charge in [-0.2, -0.15) is 15.0 Å². The Morgan fingerprint density at radius 3 is 2.71 bits per heavy atom. The fourth-order valence-electron chi connectivity index (χ4n) is 1.72. The molecule has 7 heteroatoms. The van der Waals surface area contributed by atoms with E-state index in [2.05, 4.69) is 25.3 Å². The van der Waals surface area contributed by atoms with E-state index in [0.29, 0.717) is 17.1 Å². The van der Waals surface area contributed by atoms with Gasteiger partial charge in [0.15, 0.2) is 5.16 Å². The van der Waals surface area contributed by atoms with E-state index in [0.717, 1.165) is 11.4 Å². The molecule has 1 N–H and O–H groups in total. The quantitative estimate of drug-likeness (QED) is 0.781. The summed E-state index contributed by atoms with van der Waals surface area (Å²) in [5.41, 5.74) is 0. The Kier molecular flexibility index (Phi) is 4.11. The fourth-order valence-corrected chi connectivity index (χ4v) is 2.48. The van der Waals surface area contributed by atoms with Gasteiger partial charge < -0.3 is 5.32 Å². The Hall–Kier alpha value is -2.41. The predicted molar refractivity (Wildman–Crippen MR) is 81.7 cm³/mol. The number of rotatable bonds is 5. The van der Waals surface area contributed by atoms with Crippen LogP contribution in [0.2, 0.25) is 0 Å². The number of imidazole rings is 1. The van der Waals surface area contributed by atoms with Gasteiger partial charge in [-0.05, 0) is 30.8 Å². The normalized spacial score (nSPS) is 10.5. The summed E-state index contributed by atoms with van der Waals surface area (Å²) in [5.74, 6) is 1.12. The zero-order valence-corrected chi connectivity index (χ0v) is 12.3. The van der Waals surface area contributed by atoms with Gasteiger partial charge in [0.2, 0.25) is 11.9 Å². The molecule has 3 aromatic rings. The predicted octanol–water partition coefficient (Wildman–Crippen LogP) is 2.64. The molecule has 0 amide bonds. The molecule has 106 valence electrons. The molecule has 0 aliphatic rings. The minimum Gasteiger partial charge on any atom is -0.354 e. The molecule has 0 radical (unpaired) electrons. The number of nitrogens with one attached hydrogen (secondary N) is 1. The maximum Gasteiger partial charge on any atom is 0.240 e. The van der Waals surface area contributed by atoms with Gasteiger partial charge in [0.1, 0.15) is 6.33 Å². The van der Waals surface area contributed by atoms with Gasteiger partial charge >= 0.3 is 0 Å². The van der Waals surface area contributed by atoms with Crippen LogP contribution < -0.4 is 5.32 Å². The highest BCUT2D eigenvalue weighted by atomic mass is 32.2. The molecule has 0 spiro atoms. The van der Waals surface area contributed by atoms with Crippen molar-refractivity contribution in [1.29, 1.82) is 0 Å². The van der Waals surface area contributed by atoms with Crippen molar-refractivity contribution in [3.8, 4) is 5.95 Å². The summed E-state index contributed by atoms with van der Waals surface area (Å²) in [5, 5.41) is 3.78. The molecule has 1 aromatic carbocycles. The lowest BCUT2D eigenvalue weighted by molar-refractivity contribution is 0.823. The van der Waals surface area contributed by atoms with Crippen LogP contribution in [-0.2, 0) is 0 Å². The smallest absolute Gasteiger partial charge is 0.240 e. The van der Waals surface area contributed by atoms with Crippen LogP contribution in [0.4, 0.5) is 5.95 Å². The summed E-state index contributed by atoms with van der Waals surface area (Å²) in [6, 6.07) is 10.0. The molecule has 3 rings (SSSR count). The van der Waals surface area contributed by atoms with E-state index >= 15 is 0 Å². The first-order valence-corrected chi connectivity index (χ1v) is 7.38. The molecule has 21 heavy (non-hydrogen) atoms. The third-order valence-electron chi connectivity index (χ3n) is 2.63. The molecular formula is C14H14N6S. The van der Waals surface area contributed by atoms with E-state index in [9.17, 15) is 0 Å². The van der Waals surface area contributed by atoms with Crippen molar-refractivity contribution < 1.29 is 0 Å². The van der Waals surface area contributed by atoms with Crippen molar-refractivity contribution >= 4 is 17.7 Å². The number of aromatic nitrogens is 5. The van der Waals surface area contributed by atoms with Gasteiger partial charge in [-0.15, -0.1) is 0 Å². The Bertz CT molecular complexity index is 699. The van der Waals surface area contributed by atoms with Crippen molar-refractivity contribution in [3.05, 3.63) is 49.1 Å². The van der Waals surface area contributed by atoms with Gasteiger partial charge in [-0.1, -0.05) is 18.2 Å². The van der Waals surface area contributed by atoms with Crippen molar-refractivity contribution in [2.75, 3.05) is 11.9 Å². The maximum atomic E-state index is 4.48. The van der Waals surface area contributed by atoms with E-state index in [1.165, 1.54) is 11.8 Å². The summed E-state index contributed by atoms with van der Waals surface area (Å²) in [4.78, 5) is 18.4. The Morgan fingerprint density at radius 2 is 2.00 bits per heavy atom. The fraction of sp³-hybridized carbons (Fsp3) is 0.143. The molecule has 0 saturated carbocycles. The van der Waals surface area contributed by atoms with E-state index in [1.54, 1.807) is 17.1 Å². The van der Waals surface area contributed by atoms with Gasteiger partial charge in [-0.3, -0.25) is 4.57 Å². The highest BCUT2D eigenvalue weighted by Gasteiger charge is 2.09. The first-order valence-electron chi connectivity index (χ1n) is 6.56. The van der Waals surface area contributed by atoms with E-state index in [4.69, 9.17) is 0 Å². The molecule has 2 aromatic heterocycles. The Balaban J connectivity index is 1.95. The first-order chi connectivity index (χ1) is 10.3. The average Bonchev–Trinajstić information content (AvgIpc) is 3.03. The lowest BCUT2D eigenvalue weighted by Gasteiger charge is -2.07. The molecule has 0 aliphatic heterocycles. The van der Waals surface area contributed by atoms with Crippen molar-refractivity contribution in [2.45, 2.75) is 17.0 Å². The molecule has 2 heterocycles. The maximum absolute atomic E-state index is 4.48.